The molecule has 2 aromatic carbocycles. The van der Waals surface area contributed by atoms with Crippen LogP contribution in [0.25, 0.3) is 0 Å². The predicted octanol–water partition coefficient (Wildman–Crippen LogP) is 4.58. The minimum Gasteiger partial charge on any atom is -0.490 e. The summed E-state index contributed by atoms with van der Waals surface area (Å²) in [5.41, 5.74) is 1.00. The van der Waals surface area contributed by atoms with Crippen molar-refractivity contribution in [3.05, 3.63) is 99.6 Å². The molecule has 2 heterocycles. The summed E-state index contributed by atoms with van der Waals surface area (Å²) >= 11 is 5.97. The molecule has 4 rings (SSSR count). The number of halogens is 1. The molecule has 0 aliphatic rings. The van der Waals surface area contributed by atoms with Gasteiger partial charge in [-0.1, -0.05) is 29.8 Å². The highest BCUT2D eigenvalue weighted by molar-refractivity contribution is 6.30. The molecule has 0 aliphatic carbocycles. The summed E-state index contributed by atoms with van der Waals surface area (Å²) in [5, 5.41) is 12.8. The smallest absolute Gasteiger partial charge is 0.354 e. The number of hydrogen-bond donors (Lipinski definition) is 2. The van der Waals surface area contributed by atoms with Crippen LogP contribution in [0.3, 0.4) is 0 Å². The molecule has 0 bridgehead atoms. The maximum Gasteiger partial charge on any atom is 0.354 e. The third kappa shape index (κ3) is 5.51. The number of carbonyl (C=O) groups is 1. The topological polar surface area (TPSA) is 116 Å². The summed E-state index contributed by atoms with van der Waals surface area (Å²) < 4.78 is 12.5. The lowest BCUT2D eigenvalue weighted by Crippen LogP contribution is -2.18. The molecule has 9 nitrogen and oxygen atoms in total. The molecule has 2 aromatic heterocycles. The van der Waals surface area contributed by atoms with Gasteiger partial charge in [0.2, 0.25) is 17.6 Å². The number of nitrogens with zero attached hydrogens (tertiary/aromatic N) is 3. The fraction of sp³-hybridized carbons (Fsp3) is 0.0833. The van der Waals surface area contributed by atoms with Gasteiger partial charge in [-0.2, -0.15) is 4.98 Å². The van der Waals surface area contributed by atoms with Crippen molar-refractivity contribution >= 4 is 29.2 Å². The minimum absolute atomic E-state index is 0.111. The molecule has 0 atom stereocenters. The second-order valence-electron chi connectivity index (χ2n) is 7.11. The number of aromatic carboxylic acids is 1. The number of aromatic nitrogens is 3. The van der Waals surface area contributed by atoms with Gasteiger partial charge in [-0.15, -0.1) is 0 Å². The van der Waals surface area contributed by atoms with Crippen LogP contribution in [0.15, 0.2) is 77.7 Å². The Labute approximate surface area is 199 Å². The van der Waals surface area contributed by atoms with E-state index in [2.05, 4.69) is 15.3 Å². The van der Waals surface area contributed by atoms with Crippen molar-refractivity contribution in [2.24, 2.45) is 0 Å². The van der Waals surface area contributed by atoms with Crippen molar-refractivity contribution in [2.75, 3.05) is 12.4 Å². The number of hydrogen-bond acceptors (Lipinski definition) is 7. The Bertz CT molecular complexity index is 1370. The lowest BCUT2D eigenvalue weighted by molar-refractivity contribution is 0.0689. The lowest BCUT2D eigenvalue weighted by Gasteiger charge is -2.15. The summed E-state index contributed by atoms with van der Waals surface area (Å²) in [6.07, 6.45) is 1.59. The molecule has 172 valence electrons. The molecule has 0 amide bonds. The van der Waals surface area contributed by atoms with Crippen LogP contribution < -0.4 is 20.3 Å². The van der Waals surface area contributed by atoms with Crippen LogP contribution in [0.2, 0.25) is 5.02 Å². The van der Waals surface area contributed by atoms with E-state index in [0.29, 0.717) is 29.0 Å². The van der Waals surface area contributed by atoms with Crippen molar-refractivity contribution < 1.29 is 19.4 Å². The van der Waals surface area contributed by atoms with Gasteiger partial charge in [0.25, 0.3) is 0 Å². The number of methoxy groups -OCH3 is 1. The summed E-state index contributed by atoms with van der Waals surface area (Å²) in [6.45, 7) is 0.427. The van der Waals surface area contributed by atoms with E-state index in [-0.39, 0.29) is 17.3 Å². The van der Waals surface area contributed by atoms with Crippen molar-refractivity contribution in [3.63, 3.8) is 0 Å². The largest absolute Gasteiger partial charge is 0.490 e. The van der Waals surface area contributed by atoms with E-state index in [1.165, 1.54) is 13.2 Å². The van der Waals surface area contributed by atoms with Gasteiger partial charge in [-0.3, -0.25) is 4.79 Å². The average molecular weight is 479 g/mol. The van der Waals surface area contributed by atoms with Gasteiger partial charge in [0.05, 0.1) is 19.9 Å². The molecule has 0 fully saturated rings. The quantitative estimate of drug-likeness (QED) is 0.378. The van der Waals surface area contributed by atoms with Gasteiger partial charge < -0.3 is 24.5 Å². The number of carboxylic acid groups (broad SMARTS) is 1. The first kappa shape index (κ1) is 22.8. The van der Waals surface area contributed by atoms with E-state index in [0.717, 1.165) is 5.56 Å². The number of ether oxygens (including phenoxy) is 2. The normalized spacial score (nSPS) is 10.5. The Morgan fingerprint density at radius 1 is 1.06 bits per heavy atom. The molecular formula is C24H19ClN4O5. The van der Waals surface area contributed by atoms with E-state index in [1.54, 1.807) is 59.3 Å². The predicted molar refractivity (Wildman–Crippen MR) is 127 cm³/mol. The third-order valence-electron chi connectivity index (χ3n) is 4.73. The molecule has 0 saturated heterocycles. The Kier molecular flexibility index (Phi) is 6.74. The van der Waals surface area contributed by atoms with Gasteiger partial charge in [-0.25, -0.2) is 9.78 Å². The van der Waals surface area contributed by atoms with Crippen LogP contribution in [0.1, 0.15) is 16.1 Å². The SMILES string of the molecule is COc1cn(Cc2ccc(Cl)cc2)c(Nc2ccc(Oc3cccc(C(=O)O)n3)cc2)nc1=O. The molecule has 0 saturated carbocycles. The van der Waals surface area contributed by atoms with Crippen molar-refractivity contribution in [3.8, 4) is 17.4 Å². The third-order valence-corrected chi connectivity index (χ3v) is 4.98. The summed E-state index contributed by atoms with van der Waals surface area (Å²) in [7, 11) is 1.41. The van der Waals surface area contributed by atoms with E-state index >= 15 is 0 Å². The van der Waals surface area contributed by atoms with Crippen LogP contribution in [0, 0.1) is 0 Å². The van der Waals surface area contributed by atoms with Crippen LogP contribution in [-0.4, -0.2) is 32.7 Å². The first-order chi connectivity index (χ1) is 16.4. The number of anilines is 2. The Morgan fingerprint density at radius 3 is 2.47 bits per heavy atom. The van der Waals surface area contributed by atoms with Gasteiger partial charge in [-0.05, 0) is 48.0 Å². The zero-order valence-corrected chi connectivity index (χ0v) is 18.7. The monoisotopic (exact) mass is 478 g/mol. The Hall–Kier alpha value is -4.37. The molecule has 0 aliphatic heterocycles. The second kappa shape index (κ2) is 10.1. The summed E-state index contributed by atoms with van der Waals surface area (Å²) in [5.74, 6) is -0.0673. The van der Waals surface area contributed by atoms with Crippen LogP contribution in [-0.2, 0) is 6.54 Å². The highest BCUT2D eigenvalue weighted by atomic mass is 35.5. The molecule has 10 heteroatoms. The van der Waals surface area contributed by atoms with Crippen molar-refractivity contribution in [1.82, 2.24) is 14.5 Å². The number of rotatable bonds is 8. The second-order valence-corrected chi connectivity index (χ2v) is 7.55. The summed E-state index contributed by atoms with van der Waals surface area (Å²) in [4.78, 5) is 31.4. The fourth-order valence-corrected chi connectivity index (χ4v) is 3.19. The van der Waals surface area contributed by atoms with E-state index in [4.69, 9.17) is 26.2 Å². The fourth-order valence-electron chi connectivity index (χ4n) is 3.07. The van der Waals surface area contributed by atoms with Gasteiger partial charge >= 0.3 is 11.5 Å². The van der Waals surface area contributed by atoms with Gasteiger partial charge in [0.1, 0.15) is 5.75 Å². The van der Waals surface area contributed by atoms with E-state index in [9.17, 15) is 9.59 Å². The molecular weight excluding hydrogens is 460 g/mol. The lowest BCUT2D eigenvalue weighted by atomic mass is 10.2. The average Bonchev–Trinajstić information content (AvgIpc) is 2.83. The van der Waals surface area contributed by atoms with Gasteiger partial charge in [0.15, 0.2) is 5.69 Å². The summed E-state index contributed by atoms with van der Waals surface area (Å²) in [6, 6.07) is 18.7. The number of benzene rings is 2. The van der Waals surface area contributed by atoms with Crippen LogP contribution >= 0.6 is 11.6 Å². The van der Waals surface area contributed by atoms with Gasteiger partial charge in [0, 0.05) is 16.8 Å². The molecule has 2 N–H and O–H groups in total. The first-order valence-corrected chi connectivity index (χ1v) is 10.4. The van der Waals surface area contributed by atoms with E-state index < -0.39 is 11.5 Å². The van der Waals surface area contributed by atoms with E-state index in [1.807, 2.05) is 12.1 Å². The Balaban J connectivity index is 1.55. The maximum absolute atomic E-state index is 12.3. The zero-order valence-electron chi connectivity index (χ0n) is 17.9. The number of nitrogens with one attached hydrogen (secondary N) is 1. The molecule has 4 aromatic rings. The highest BCUT2D eigenvalue weighted by Gasteiger charge is 2.11. The molecule has 0 spiro atoms. The zero-order chi connectivity index (χ0) is 24.1. The highest BCUT2D eigenvalue weighted by Crippen LogP contribution is 2.24. The number of pyridine rings is 1. The maximum atomic E-state index is 12.3. The molecule has 34 heavy (non-hydrogen) atoms. The van der Waals surface area contributed by atoms with Crippen LogP contribution in [0.5, 0.6) is 17.4 Å². The standard InChI is InChI=1S/C24H19ClN4O5/c1-33-20-14-29(13-15-5-7-16(25)8-6-15)24(28-22(20)30)26-17-9-11-18(12-10-17)34-21-4-2-3-19(27-21)23(31)32/h2-12,14H,13H2,1H3,(H,31,32)(H,26,28,30). The minimum atomic E-state index is -1.14. The van der Waals surface area contributed by atoms with Crippen molar-refractivity contribution in [2.45, 2.75) is 6.54 Å². The number of carboxylic acids is 1. The van der Waals surface area contributed by atoms with Crippen LogP contribution in [0.4, 0.5) is 11.6 Å². The Morgan fingerprint density at radius 2 is 1.79 bits per heavy atom. The first-order valence-electron chi connectivity index (χ1n) is 10.1. The van der Waals surface area contributed by atoms with Crippen molar-refractivity contribution in [1.29, 1.82) is 0 Å². The molecule has 0 radical (unpaired) electrons. The molecule has 0 unspecified atom stereocenters.